The van der Waals surface area contributed by atoms with Gasteiger partial charge in [-0.3, -0.25) is 14.2 Å². The van der Waals surface area contributed by atoms with Gasteiger partial charge in [-0.25, -0.2) is 5.10 Å². The molecular weight excluding hydrogens is 430 g/mol. The Labute approximate surface area is 193 Å². The highest BCUT2D eigenvalue weighted by molar-refractivity contribution is 5.93. The molecule has 0 spiro atoms. The monoisotopic (exact) mass is 453 g/mol. The second-order valence-electron chi connectivity index (χ2n) is 9.32. The van der Waals surface area contributed by atoms with Gasteiger partial charge >= 0.3 is 0 Å². The van der Waals surface area contributed by atoms with Crippen LogP contribution < -0.4 is 16.9 Å². The van der Waals surface area contributed by atoms with E-state index in [2.05, 4.69) is 10.2 Å². The second-order valence-corrected chi connectivity index (χ2v) is 9.32. The zero-order valence-electron chi connectivity index (χ0n) is 18.5. The Balaban J connectivity index is 1.57. The number of nitrogens with two attached hydrogens (primary N) is 1. The molecule has 3 aromatic heterocycles. The summed E-state index contributed by atoms with van der Waals surface area (Å²) in [5.74, 6) is 0.235. The van der Waals surface area contributed by atoms with Crippen LogP contribution in [0.5, 0.6) is 0 Å². The van der Waals surface area contributed by atoms with E-state index < -0.39 is 5.60 Å². The number of anilines is 1. The molecule has 0 bridgehead atoms. The van der Waals surface area contributed by atoms with E-state index in [-0.39, 0.29) is 22.9 Å². The van der Waals surface area contributed by atoms with Crippen LogP contribution in [0.3, 0.4) is 0 Å². The number of pyridine rings is 1. The molecule has 0 saturated heterocycles. The molecule has 0 amide bonds. The van der Waals surface area contributed by atoms with Crippen LogP contribution in [-0.2, 0) is 0 Å². The molecule has 8 heteroatoms. The molecule has 2 aromatic carbocycles. The zero-order valence-corrected chi connectivity index (χ0v) is 18.5. The van der Waals surface area contributed by atoms with Crippen LogP contribution in [0.25, 0.3) is 33.1 Å². The number of rotatable bonds is 3. The molecule has 0 unspecified atom stereocenters. The molecule has 0 aliphatic heterocycles. The van der Waals surface area contributed by atoms with E-state index >= 15 is 0 Å². The predicted octanol–water partition coefficient (Wildman–Crippen LogP) is 3.23. The van der Waals surface area contributed by atoms with Gasteiger partial charge in [0.15, 0.2) is 5.82 Å². The van der Waals surface area contributed by atoms with Crippen molar-refractivity contribution >= 4 is 27.5 Å². The fourth-order valence-corrected chi connectivity index (χ4v) is 5.14. The quantitative estimate of drug-likeness (QED) is 0.388. The fourth-order valence-electron chi connectivity index (χ4n) is 5.14. The van der Waals surface area contributed by atoms with Gasteiger partial charge in [-0.15, -0.1) is 0 Å². The van der Waals surface area contributed by atoms with E-state index in [4.69, 9.17) is 5.73 Å². The topological polar surface area (TPSA) is 119 Å². The van der Waals surface area contributed by atoms with Crippen molar-refractivity contribution in [1.82, 2.24) is 19.3 Å². The van der Waals surface area contributed by atoms with Crippen molar-refractivity contribution < 1.29 is 5.11 Å². The lowest BCUT2D eigenvalue weighted by atomic mass is 9.69. The highest BCUT2D eigenvalue weighted by atomic mass is 16.3. The van der Waals surface area contributed by atoms with Gasteiger partial charge in [0.1, 0.15) is 5.52 Å². The molecular formula is C26H23N5O3. The van der Waals surface area contributed by atoms with E-state index in [1.165, 1.54) is 0 Å². The minimum atomic E-state index is -0.740. The smallest absolute Gasteiger partial charge is 0.274 e. The third kappa shape index (κ3) is 3.07. The van der Waals surface area contributed by atoms with Crippen LogP contribution in [0.4, 0.5) is 5.82 Å². The molecule has 3 heterocycles. The van der Waals surface area contributed by atoms with Crippen LogP contribution >= 0.6 is 0 Å². The van der Waals surface area contributed by atoms with Crippen LogP contribution in [0.1, 0.15) is 31.2 Å². The number of nitrogens with one attached hydrogen (secondary N) is 1. The Bertz CT molecular complexity index is 1690. The van der Waals surface area contributed by atoms with Gasteiger partial charge in [0.2, 0.25) is 0 Å². The summed E-state index contributed by atoms with van der Waals surface area (Å²) < 4.78 is 3.44. The molecule has 1 fully saturated rings. The summed E-state index contributed by atoms with van der Waals surface area (Å²) in [5, 5.41) is 18.6. The Morgan fingerprint density at radius 3 is 2.56 bits per heavy atom. The van der Waals surface area contributed by atoms with Crippen molar-refractivity contribution in [2.45, 2.75) is 31.3 Å². The van der Waals surface area contributed by atoms with Crippen molar-refractivity contribution in [3.05, 3.63) is 93.3 Å². The molecule has 1 aliphatic carbocycles. The summed E-state index contributed by atoms with van der Waals surface area (Å²) >= 11 is 0. The van der Waals surface area contributed by atoms with Crippen LogP contribution in [0.15, 0.2) is 76.6 Å². The van der Waals surface area contributed by atoms with Crippen LogP contribution in [0.2, 0.25) is 0 Å². The first-order chi connectivity index (χ1) is 16.3. The molecule has 6 rings (SSSR count). The zero-order chi connectivity index (χ0) is 23.6. The normalized spacial score (nSPS) is 20.0. The van der Waals surface area contributed by atoms with E-state index in [0.717, 1.165) is 16.6 Å². The third-order valence-corrected chi connectivity index (χ3v) is 6.80. The number of H-pyrrole nitrogens is 1. The second kappa shape index (κ2) is 7.16. The van der Waals surface area contributed by atoms with Crippen LogP contribution in [0, 0.1) is 0 Å². The van der Waals surface area contributed by atoms with E-state index in [0.29, 0.717) is 34.8 Å². The van der Waals surface area contributed by atoms with Crippen LogP contribution in [-0.4, -0.2) is 30.0 Å². The van der Waals surface area contributed by atoms with Crippen molar-refractivity contribution in [1.29, 1.82) is 0 Å². The van der Waals surface area contributed by atoms with Crippen molar-refractivity contribution in [2.24, 2.45) is 0 Å². The summed E-state index contributed by atoms with van der Waals surface area (Å²) in [7, 11) is 0. The summed E-state index contributed by atoms with van der Waals surface area (Å²) in [6, 6.07) is 17.0. The highest BCUT2D eigenvalue weighted by Crippen LogP contribution is 2.46. The van der Waals surface area contributed by atoms with E-state index in [1.54, 1.807) is 17.7 Å². The highest BCUT2D eigenvalue weighted by Gasteiger charge is 2.41. The summed E-state index contributed by atoms with van der Waals surface area (Å²) in [4.78, 5) is 26.1. The van der Waals surface area contributed by atoms with Crippen molar-refractivity contribution in [3.8, 4) is 11.4 Å². The lowest BCUT2D eigenvalue weighted by molar-refractivity contribution is -0.0310. The molecule has 34 heavy (non-hydrogen) atoms. The van der Waals surface area contributed by atoms with E-state index in [9.17, 15) is 14.7 Å². The lowest BCUT2D eigenvalue weighted by Gasteiger charge is -2.40. The van der Waals surface area contributed by atoms with Gasteiger partial charge in [-0.2, -0.15) is 5.10 Å². The summed E-state index contributed by atoms with van der Waals surface area (Å²) in [6.45, 7) is 1.80. The van der Waals surface area contributed by atoms with Gasteiger partial charge in [0.05, 0.1) is 11.0 Å². The number of hydrogen-bond donors (Lipinski definition) is 3. The average Bonchev–Trinajstić information content (AvgIpc) is 3.22. The Morgan fingerprint density at radius 2 is 1.82 bits per heavy atom. The summed E-state index contributed by atoms with van der Waals surface area (Å²) in [6.07, 6.45) is 4.78. The average molecular weight is 454 g/mol. The number of para-hydroxylation sites is 1. The number of benzene rings is 2. The van der Waals surface area contributed by atoms with Gasteiger partial charge in [0.25, 0.3) is 11.1 Å². The molecule has 170 valence electrons. The van der Waals surface area contributed by atoms with Gasteiger partial charge < -0.3 is 15.4 Å². The maximum atomic E-state index is 13.4. The maximum absolute atomic E-state index is 13.4. The Kier molecular flexibility index (Phi) is 4.31. The SMILES string of the molecule is CC1(O)CC(c2cn(-c3ccc4ccn(-c5ccccc5)c(=O)c4c3)c3c(N)n[nH]c(=O)c23)C1. The van der Waals surface area contributed by atoms with Crippen molar-refractivity contribution in [2.75, 3.05) is 5.73 Å². The number of aromatic amines is 1. The Hall–Kier alpha value is -4.17. The Morgan fingerprint density at radius 1 is 1.06 bits per heavy atom. The largest absolute Gasteiger partial charge is 0.390 e. The molecule has 4 N–H and O–H groups in total. The maximum Gasteiger partial charge on any atom is 0.274 e. The predicted molar refractivity (Wildman–Crippen MR) is 132 cm³/mol. The number of nitrogens with zero attached hydrogens (tertiary/aromatic N) is 3. The fraction of sp³-hybridized carbons (Fsp3) is 0.192. The standard InChI is InChI=1S/C26H23N5O3/c1-26(34)12-16(13-26)20-14-31(22-21(20)24(32)29-28-23(22)27)18-8-7-15-9-10-30(25(33)19(15)11-18)17-5-3-2-4-6-17/h2-11,14,16,34H,12-13H2,1H3,(H2,27,28)(H,29,32). The first kappa shape index (κ1) is 20.4. The van der Waals surface area contributed by atoms with Gasteiger partial charge in [-0.1, -0.05) is 24.3 Å². The summed E-state index contributed by atoms with van der Waals surface area (Å²) in [5.41, 5.74) is 7.83. The lowest BCUT2D eigenvalue weighted by Crippen LogP contribution is -2.39. The number of nitrogen functional groups attached to an aromatic ring is 1. The molecule has 5 aromatic rings. The molecule has 1 saturated carbocycles. The van der Waals surface area contributed by atoms with Gasteiger partial charge in [0, 0.05) is 29.2 Å². The first-order valence-electron chi connectivity index (χ1n) is 11.2. The minimum absolute atomic E-state index is 0.0393. The number of hydrogen-bond acceptors (Lipinski definition) is 5. The first-order valence-corrected chi connectivity index (χ1v) is 11.2. The number of aromatic nitrogens is 4. The van der Waals surface area contributed by atoms with Gasteiger partial charge in [-0.05, 0) is 67.0 Å². The van der Waals surface area contributed by atoms with Crippen molar-refractivity contribution in [3.63, 3.8) is 0 Å². The number of aliphatic hydroxyl groups is 1. The molecule has 0 radical (unpaired) electrons. The molecule has 8 nitrogen and oxygen atoms in total. The minimum Gasteiger partial charge on any atom is -0.390 e. The molecule has 1 aliphatic rings. The number of fused-ring (bicyclic) bond motifs is 2. The van der Waals surface area contributed by atoms with E-state index in [1.807, 2.05) is 65.4 Å². The molecule has 0 atom stereocenters. The third-order valence-electron chi connectivity index (χ3n) is 6.80.